The fraction of sp³-hybridized carbons (Fsp3) is 0.0800. The zero-order valence-corrected chi connectivity index (χ0v) is 16.2. The summed E-state index contributed by atoms with van der Waals surface area (Å²) >= 11 is 0. The first kappa shape index (κ1) is 18.6. The molecule has 144 valence electrons. The minimum absolute atomic E-state index is 0.277. The number of hydrogen-bond acceptors (Lipinski definition) is 3. The van der Waals surface area contributed by atoms with Crippen LogP contribution in [0.1, 0.15) is 21.7 Å². The second-order valence-corrected chi connectivity index (χ2v) is 6.82. The lowest BCUT2D eigenvalue weighted by Gasteiger charge is -2.07. The molecule has 29 heavy (non-hydrogen) atoms. The van der Waals surface area contributed by atoms with Crippen LogP contribution < -0.4 is 10.6 Å². The minimum atomic E-state index is -0.277. The molecule has 0 fully saturated rings. The molecule has 0 bridgehead atoms. The molecule has 4 nitrogen and oxygen atoms in total. The van der Waals surface area contributed by atoms with Crippen LogP contribution in [0.25, 0.3) is 17.0 Å². The van der Waals surface area contributed by atoms with Crippen molar-refractivity contribution in [3.05, 3.63) is 102 Å². The molecular formula is C25H22N2O2. The number of para-hydroxylation sites is 1. The van der Waals surface area contributed by atoms with Gasteiger partial charge in [-0.15, -0.1) is 0 Å². The highest BCUT2D eigenvalue weighted by molar-refractivity contribution is 6.11. The molecule has 1 amide bonds. The van der Waals surface area contributed by atoms with Gasteiger partial charge in [-0.1, -0.05) is 66.7 Å². The highest BCUT2D eigenvalue weighted by Crippen LogP contribution is 2.31. The van der Waals surface area contributed by atoms with E-state index in [9.17, 15) is 4.79 Å². The summed E-state index contributed by atoms with van der Waals surface area (Å²) in [7, 11) is 0. The molecular weight excluding hydrogens is 360 g/mol. The number of fused-ring (bicyclic) bond motifs is 1. The van der Waals surface area contributed by atoms with E-state index in [0.717, 1.165) is 22.2 Å². The Labute approximate surface area is 169 Å². The largest absolute Gasteiger partial charge is 0.449 e. The standard InChI is InChI=1S/C25H22N2O2/c1-18-9-7-13-20(17-18)27-25(28)24-23(21-14-5-6-15-22(21)29-24)26-16-8-12-19-10-3-2-4-11-19/h2-15,17,26H,16H2,1H3,(H,27,28)/b12-8+. The lowest BCUT2D eigenvalue weighted by molar-refractivity contribution is 0.0999. The van der Waals surface area contributed by atoms with Crippen LogP contribution in [0.15, 0.2) is 89.4 Å². The number of anilines is 2. The minimum Gasteiger partial charge on any atom is -0.449 e. The topological polar surface area (TPSA) is 54.3 Å². The van der Waals surface area contributed by atoms with E-state index in [4.69, 9.17) is 4.42 Å². The van der Waals surface area contributed by atoms with Crippen molar-refractivity contribution in [3.63, 3.8) is 0 Å². The molecule has 0 unspecified atom stereocenters. The molecule has 4 rings (SSSR count). The first-order chi connectivity index (χ1) is 14.2. The Morgan fingerprint density at radius 1 is 0.966 bits per heavy atom. The molecule has 2 N–H and O–H groups in total. The van der Waals surface area contributed by atoms with Crippen molar-refractivity contribution in [2.45, 2.75) is 6.92 Å². The molecule has 4 heteroatoms. The molecule has 1 aromatic heterocycles. The Kier molecular flexibility index (Phi) is 5.43. The maximum absolute atomic E-state index is 12.9. The van der Waals surface area contributed by atoms with Crippen molar-refractivity contribution in [2.24, 2.45) is 0 Å². The molecule has 0 spiro atoms. The Balaban J connectivity index is 1.57. The van der Waals surface area contributed by atoms with E-state index in [0.29, 0.717) is 17.8 Å². The summed E-state index contributed by atoms with van der Waals surface area (Å²) in [6, 6.07) is 25.4. The zero-order chi connectivity index (χ0) is 20.1. The molecule has 4 aromatic rings. The van der Waals surface area contributed by atoms with Gasteiger partial charge < -0.3 is 15.1 Å². The normalized spacial score (nSPS) is 11.1. The summed E-state index contributed by atoms with van der Waals surface area (Å²) in [5, 5.41) is 7.15. The van der Waals surface area contributed by atoms with Crippen LogP contribution in [-0.4, -0.2) is 12.5 Å². The number of rotatable bonds is 6. The van der Waals surface area contributed by atoms with E-state index in [2.05, 4.69) is 10.6 Å². The van der Waals surface area contributed by atoms with Gasteiger partial charge in [-0.25, -0.2) is 0 Å². The van der Waals surface area contributed by atoms with E-state index < -0.39 is 0 Å². The lowest BCUT2D eigenvalue weighted by Crippen LogP contribution is -2.13. The van der Waals surface area contributed by atoms with Gasteiger partial charge in [0.1, 0.15) is 5.58 Å². The third-order valence-electron chi connectivity index (χ3n) is 4.58. The number of furan rings is 1. The van der Waals surface area contributed by atoms with Crippen LogP contribution in [0, 0.1) is 6.92 Å². The van der Waals surface area contributed by atoms with Crippen LogP contribution in [0.2, 0.25) is 0 Å². The van der Waals surface area contributed by atoms with Crippen LogP contribution in [0.4, 0.5) is 11.4 Å². The van der Waals surface area contributed by atoms with Gasteiger partial charge in [-0.3, -0.25) is 4.79 Å². The molecule has 1 heterocycles. The maximum atomic E-state index is 12.9. The van der Waals surface area contributed by atoms with Crippen molar-refractivity contribution >= 4 is 34.3 Å². The fourth-order valence-electron chi connectivity index (χ4n) is 3.21. The van der Waals surface area contributed by atoms with Gasteiger partial charge in [-0.2, -0.15) is 0 Å². The molecule has 0 aliphatic rings. The predicted octanol–water partition coefficient (Wildman–Crippen LogP) is 6.12. The van der Waals surface area contributed by atoms with Gasteiger partial charge in [-0.05, 0) is 42.3 Å². The molecule has 0 atom stereocenters. The van der Waals surface area contributed by atoms with Crippen LogP contribution in [0.5, 0.6) is 0 Å². The van der Waals surface area contributed by atoms with Crippen molar-refractivity contribution in [1.82, 2.24) is 0 Å². The summed E-state index contributed by atoms with van der Waals surface area (Å²) < 4.78 is 5.88. The molecule has 3 aromatic carbocycles. The second kappa shape index (κ2) is 8.48. The quantitative estimate of drug-likeness (QED) is 0.422. The molecule has 0 aliphatic heterocycles. The lowest BCUT2D eigenvalue weighted by atomic mass is 10.2. The molecule has 0 saturated carbocycles. The van der Waals surface area contributed by atoms with Gasteiger partial charge in [0, 0.05) is 17.6 Å². The van der Waals surface area contributed by atoms with Crippen molar-refractivity contribution in [1.29, 1.82) is 0 Å². The van der Waals surface area contributed by atoms with E-state index in [1.165, 1.54) is 0 Å². The average molecular weight is 382 g/mol. The van der Waals surface area contributed by atoms with E-state index in [1.807, 2.05) is 97.9 Å². The van der Waals surface area contributed by atoms with Gasteiger partial charge in [0.25, 0.3) is 5.91 Å². The summed E-state index contributed by atoms with van der Waals surface area (Å²) in [4.78, 5) is 12.9. The van der Waals surface area contributed by atoms with Crippen LogP contribution >= 0.6 is 0 Å². The first-order valence-corrected chi connectivity index (χ1v) is 9.56. The number of carbonyl (C=O) groups is 1. The Morgan fingerprint density at radius 2 is 1.76 bits per heavy atom. The smallest absolute Gasteiger partial charge is 0.293 e. The van der Waals surface area contributed by atoms with Gasteiger partial charge >= 0.3 is 0 Å². The van der Waals surface area contributed by atoms with E-state index in [1.54, 1.807) is 0 Å². The van der Waals surface area contributed by atoms with Crippen LogP contribution in [-0.2, 0) is 0 Å². The van der Waals surface area contributed by atoms with Crippen molar-refractivity contribution in [2.75, 3.05) is 17.2 Å². The number of nitrogens with one attached hydrogen (secondary N) is 2. The van der Waals surface area contributed by atoms with Crippen molar-refractivity contribution in [3.8, 4) is 0 Å². The number of benzene rings is 3. The van der Waals surface area contributed by atoms with Gasteiger partial charge in [0.05, 0.1) is 5.69 Å². The monoisotopic (exact) mass is 382 g/mol. The summed E-state index contributed by atoms with van der Waals surface area (Å²) in [6.45, 7) is 2.56. The fourth-order valence-corrected chi connectivity index (χ4v) is 3.21. The highest BCUT2D eigenvalue weighted by atomic mass is 16.3. The van der Waals surface area contributed by atoms with Gasteiger partial charge in [0.15, 0.2) is 0 Å². The Hall–Kier alpha value is -3.79. The van der Waals surface area contributed by atoms with E-state index >= 15 is 0 Å². The Morgan fingerprint density at radius 3 is 2.59 bits per heavy atom. The second-order valence-electron chi connectivity index (χ2n) is 6.82. The molecule has 0 saturated heterocycles. The average Bonchev–Trinajstić information content (AvgIpc) is 3.11. The number of aryl methyl sites for hydroxylation is 1. The SMILES string of the molecule is Cc1cccc(NC(=O)c2oc3ccccc3c2NC/C=C/c2ccccc2)c1. The number of hydrogen-bond donors (Lipinski definition) is 2. The highest BCUT2D eigenvalue weighted by Gasteiger charge is 2.20. The zero-order valence-electron chi connectivity index (χ0n) is 16.2. The predicted molar refractivity (Wildman–Crippen MR) is 119 cm³/mol. The van der Waals surface area contributed by atoms with Crippen molar-refractivity contribution < 1.29 is 9.21 Å². The van der Waals surface area contributed by atoms with E-state index in [-0.39, 0.29) is 11.7 Å². The summed E-state index contributed by atoms with van der Waals surface area (Å²) in [6.07, 6.45) is 4.07. The van der Waals surface area contributed by atoms with Crippen LogP contribution in [0.3, 0.4) is 0 Å². The summed E-state index contributed by atoms with van der Waals surface area (Å²) in [5.41, 5.74) is 4.32. The molecule has 0 radical (unpaired) electrons. The summed E-state index contributed by atoms with van der Waals surface area (Å²) in [5.74, 6) is 0.00200. The molecule has 0 aliphatic carbocycles. The number of carbonyl (C=O) groups excluding carboxylic acids is 1. The Bertz CT molecular complexity index is 1160. The maximum Gasteiger partial charge on any atom is 0.293 e. The number of amides is 1. The first-order valence-electron chi connectivity index (χ1n) is 9.56. The third-order valence-corrected chi connectivity index (χ3v) is 4.58. The third kappa shape index (κ3) is 4.38. The van der Waals surface area contributed by atoms with Gasteiger partial charge in [0.2, 0.25) is 5.76 Å².